The summed E-state index contributed by atoms with van der Waals surface area (Å²) in [5, 5.41) is 20.4. The van der Waals surface area contributed by atoms with Crippen molar-refractivity contribution in [2.75, 3.05) is 7.11 Å². The molecule has 0 bridgehead atoms. The van der Waals surface area contributed by atoms with E-state index in [0.29, 0.717) is 17.9 Å². The van der Waals surface area contributed by atoms with E-state index in [9.17, 15) is 10.2 Å². The first-order valence-electron chi connectivity index (χ1n) is 6.69. The summed E-state index contributed by atoms with van der Waals surface area (Å²) in [6.45, 7) is 3.98. The van der Waals surface area contributed by atoms with Crippen molar-refractivity contribution in [2.24, 2.45) is 0 Å². The van der Waals surface area contributed by atoms with Crippen molar-refractivity contribution in [1.82, 2.24) is 0 Å². The number of halogens is 1. The summed E-state index contributed by atoms with van der Waals surface area (Å²) >= 11 is 6.00. The lowest BCUT2D eigenvalue weighted by Gasteiger charge is -2.22. The Kier molecular flexibility index (Phi) is 6.63. The minimum atomic E-state index is -0.723. The number of aliphatic hydroxyl groups excluding tert-OH is 2. The van der Waals surface area contributed by atoms with Crippen LogP contribution in [0.25, 0.3) is 0 Å². The van der Waals surface area contributed by atoms with Crippen LogP contribution in [0.4, 0.5) is 0 Å². The van der Waals surface area contributed by atoms with Gasteiger partial charge in [0.15, 0.2) is 0 Å². The third-order valence-electron chi connectivity index (χ3n) is 3.35. The van der Waals surface area contributed by atoms with E-state index in [1.807, 2.05) is 26.0 Å². The highest BCUT2D eigenvalue weighted by atomic mass is 35.5. The lowest BCUT2D eigenvalue weighted by atomic mass is 9.91. The normalized spacial score (nSPS) is 15.9. The molecule has 1 rings (SSSR count). The van der Waals surface area contributed by atoms with E-state index < -0.39 is 12.2 Å². The molecule has 108 valence electrons. The first-order valence-corrected chi connectivity index (χ1v) is 7.06. The molecule has 4 heteroatoms. The Morgan fingerprint density at radius 3 is 2.53 bits per heavy atom. The third-order valence-corrected chi connectivity index (χ3v) is 3.58. The molecule has 0 aliphatic carbocycles. The van der Waals surface area contributed by atoms with E-state index in [-0.39, 0.29) is 5.92 Å². The summed E-state index contributed by atoms with van der Waals surface area (Å²) < 4.78 is 5.31. The molecule has 0 fully saturated rings. The van der Waals surface area contributed by atoms with Crippen LogP contribution in [0, 0.1) is 0 Å². The Bertz CT molecular complexity index is 395. The number of hydrogen-bond donors (Lipinski definition) is 2. The maximum absolute atomic E-state index is 9.99. The van der Waals surface area contributed by atoms with E-state index in [1.54, 1.807) is 13.2 Å². The van der Waals surface area contributed by atoms with Gasteiger partial charge in [-0.25, -0.2) is 0 Å². The molecule has 3 atom stereocenters. The average molecular weight is 287 g/mol. The highest BCUT2D eigenvalue weighted by molar-refractivity contribution is 6.30. The van der Waals surface area contributed by atoms with Gasteiger partial charge in [-0.05, 0) is 42.5 Å². The largest absolute Gasteiger partial charge is 0.496 e. The maximum atomic E-state index is 9.99. The molecule has 0 aliphatic rings. The quantitative estimate of drug-likeness (QED) is 0.808. The summed E-state index contributed by atoms with van der Waals surface area (Å²) in [6, 6.07) is 5.45. The van der Waals surface area contributed by atoms with Gasteiger partial charge < -0.3 is 14.9 Å². The Balaban J connectivity index is 2.77. The van der Waals surface area contributed by atoms with Gasteiger partial charge in [0.1, 0.15) is 5.75 Å². The number of hydrogen-bond acceptors (Lipinski definition) is 3. The van der Waals surface area contributed by atoms with Crippen molar-refractivity contribution in [2.45, 2.75) is 51.2 Å². The summed E-state index contributed by atoms with van der Waals surface area (Å²) in [6.07, 6.45) is 0.558. The van der Waals surface area contributed by atoms with E-state index in [0.717, 1.165) is 17.7 Å². The van der Waals surface area contributed by atoms with Crippen molar-refractivity contribution in [3.63, 3.8) is 0 Å². The molecule has 0 aliphatic heterocycles. The van der Waals surface area contributed by atoms with Crippen molar-refractivity contribution >= 4 is 11.6 Å². The maximum Gasteiger partial charge on any atom is 0.122 e. The molecule has 0 heterocycles. The second kappa shape index (κ2) is 7.73. The van der Waals surface area contributed by atoms with E-state index >= 15 is 0 Å². The van der Waals surface area contributed by atoms with Crippen LogP contribution in [0.3, 0.4) is 0 Å². The van der Waals surface area contributed by atoms with Crippen LogP contribution in [0.5, 0.6) is 5.75 Å². The Labute approximate surface area is 120 Å². The molecule has 1 aromatic carbocycles. The molecular formula is C15H23ClO3. The lowest BCUT2D eigenvalue weighted by molar-refractivity contribution is 0.00628. The van der Waals surface area contributed by atoms with Gasteiger partial charge in [0.25, 0.3) is 0 Å². The second-order valence-electron chi connectivity index (χ2n) is 4.95. The fourth-order valence-electron chi connectivity index (χ4n) is 2.22. The van der Waals surface area contributed by atoms with Crippen LogP contribution in [-0.4, -0.2) is 29.5 Å². The molecule has 0 saturated carbocycles. The average Bonchev–Trinajstić information content (AvgIpc) is 2.38. The summed E-state index contributed by atoms with van der Waals surface area (Å²) in [4.78, 5) is 0. The third kappa shape index (κ3) is 4.68. The smallest absolute Gasteiger partial charge is 0.122 e. The van der Waals surface area contributed by atoms with Gasteiger partial charge in [-0.2, -0.15) is 0 Å². The van der Waals surface area contributed by atoms with Crippen LogP contribution in [0.1, 0.15) is 44.6 Å². The Morgan fingerprint density at radius 1 is 1.26 bits per heavy atom. The number of aliphatic hydroxyl groups is 2. The monoisotopic (exact) mass is 286 g/mol. The number of benzene rings is 1. The first kappa shape index (κ1) is 16.3. The van der Waals surface area contributed by atoms with Gasteiger partial charge in [0.05, 0.1) is 19.3 Å². The summed E-state index contributed by atoms with van der Waals surface area (Å²) in [5.41, 5.74) is 0.956. The van der Waals surface area contributed by atoms with E-state index in [2.05, 4.69) is 0 Å². The zero-order valence-corrected chi connectivity index (χ0v) is 12.5. The molecular weight excluding hydrogens is 264 g/mol. The second-order valence-corrected chi connectivity index (χ2v) is 5.38. The van der Waals surface area contributed by atoms with Gasteiger partial charge in [-0.15, -0.1) is 0 Å². The zero-order chi connectivity index (χ0) is 14.4. The molecule has 0 amide bonds. The minimum absolute atomic E-state index is 0.0650. The molecule has 0 spiro atoms. The van der Waals surface area contributed by atoms with Crippen LogP contribution in [0.2, 0.25) is 5.02 Å². The van der Waals surface area contributed by atoms with Gasteiger partial charge in [-0.1, -0.05) is 31.9 Å². The van der Waals surface area contributed by atoms with Crippen molar-refractivity contribution < 1.29 is 14.9 Å². The predicted molar refractivity (Wildman–Crippen MR) is 78.0 cm³/mol. The van der Waals surface area contributed by atoms with Crippen LogP contribution < -0.4 is 4.74 Å². The number of rotatable bonds is 7. The van der Waals surface area contributed by atoms with Crippen molar-refractivity contribution in [1.29, 1.82) is 0 Å². The van der Waals surface area contributed by atoms with Gasteiger partial charge >= 0.3 is 0 Å². The van der Waals surface area contributed by atoms with Crippen molar-refractivity contribution in [3.05, 3.63) is 28.8 Å². The van der Waals surface area contributed by atoms with Gasteiger partial charge in [-0.3, -0.25) is 0 Å². The molecule has 1 aromatic rings. The van der Waals surface area contributed by atoms with Crippen LogP contribution >= 0.6 is 11.6 Å². The highest BCUT2D eigenvalue weighted by Gasteiger charge is 2.21. The lowest BCUT2D eigenvalue weighted by Crippen LogP contribution is -2.27. The Morgan fingerprint density at radius 2 is 1.95 bits per heavy atom. The van der Waals surface area contributed by atoms with Crippen molar-refractivity contribution in [3.8, 4) is 5.75 Å². The van der Waals surface area contributed by atoms with Gasteiger partial charge in [0, 0.05) is 5.02 Å². The fourth-order valence-corrected chi connectivity index (χ4v) is 2.41. The van der Waals surface area contributed by atoms with E-state index in [1.165, 1.54) is 0 Å². The molecule has 0 aromatic heterocycles. The molecule has 0 saturated heterocycles. The first-order chi connectivity index (χ1) is 8.99. The van der Waals surface area contributed by atoms with Crippen LogP contribution in [0.15, 0.2) is 18.2 Å². The fraction of sp³-hybridized carbons (Fsp3) is 0.600. The number of ether oxygens (including phenoxy) is 1. The molecule has 3 unspecified atom stereocenters. The SMILES string of the molecule is CCCC(O)C(O)CC(C)c1cc(Cl)ccc1OC. The van der Waals surface area contributed by atoms with Gasteiger partial charge in [0.2, 0.25) is 0 Å². The molecule has 19 heavy (non-hydrogen) atoms. The highest BCUT2D eigenvalue weighted by Crippen LogP contribution is 2.32. The van der Waals surface area contributed by atoms with E-state index in [4.69, 9.17) is 16.3 Å². The number of methoxy groups -OCH3 is 1. The van der Waals surface area contributed by atoms with Crippen LogP contribution in [-0.2, 0) is 0 Å². The topological polar surface area (TPSA) is 49.7 Å². The molecule has 2 N–H and O–H groups in total. The standard InChI is InChI=1S/C15H23ClO3/c1-4-5-13(17)14(18)8-10(2)12-9-11(16)6-7-15(12)19-3/h6-7,9-10,13-14,17-18H,4-5,8H2,1-3H3. The zero-order valence-electron chi connectivity index (χ0n) is 11.8. The summed E-state index contributed by atoms with van der Waals surface area (Å²) in [7, 11) is 1.61. The minimum Gasteiger partial charge on any atom is -0.496 e. The predicted octanol–water partition coefficient (Wildman–Crippen LogP) is 3.36. The molecule has 3 nitrogen and oxygen atoms in total. The summed E-state index contributed by atoms with van der Waals surface area (Å²) in [5.74, 6) is 0.823. The Hall–Kier alpha value is -0.770. The molecule has 0 radical (unpaired) electrons.